The van der Waals surface area contributed by atoms with Gasteiger partial charge in [-0.2, -0.15) is 0 Å². The van der Waals surface area contributed by atoms with E-state index in [4.69, 9.17) is 10.2 Å². The van der Waals surface area contributed by atoms with Crippen molar-refractivity contribution >= 4 is 0 Å². The molecule has 4 nitrogen and oxygen atoms in total. The van der Waals surface area contributed by atoms with Crippen LogP contribution in [-0.4, -0.2) is 10.2 Å². The molecule has 4 heteroatoms. The molecule has 0 saturated carbocycles. The minimum absolute atomic E-state index is 0.334. The zero-order valence-corrected chi connectivity index (χ0v) is 7.42. The number of rotatable bonds is 5. The Hall–Kier alpha value is -0.900. The lowest BCUT2D eigenvalue weighted by atomic mass is 10.2. The Morgan fingerprint density at radius 3 is 2.58 bits per heavy atom. The van der Waals surface area contributed by atoms with Gasteiger partial charge in [0.25, 0.3) is 0 Å². The van der Waals surface area contributed by atoms with Crippen molar-refractivity contribution in [1.82, 2.24) is 10.2 Å². The Labute approximate surface area is 72.2 Å². The molecule has 68 valence electrons. The lowest BCUT2D eigenvalue weighted by molar-refractivity contribution is 0.443. The summed E-state index contributed by atoms with van der Waals surface area (Å²) in [6.45, 7) is 2.50. The molecule has 2 N–H and O–H groups in total. The number of aromatic nitrogens is 2. The summed E-state index contributed by atoms with van der Waals surface area (Å²) in [7, 11) is 0. The van der Waals surface area contributed by atoms with Crippen LogP contribution in [-0.2, 0) is 13.0 Å². The van der Waals surface area contributed by atoms with Crippen LogP contribution in [0.2, 0.25) is 0 Å². The highest BCUT2D eigenvalue weighted by atomic mass is 16.4. The first-order valence-electron chi connectivity index (χ1n) is 4.38. The van der Waals surface area contributed by atoms with Crippen molar-refractivity contribution in [3.05, 3.63) is 11.8 Å². The molecule has 0 spiro atoms. The van der Waals surface area contributed by atoms with E-state index in [2.05, 4.69) is 17.1 Å². The quantitative estimate of drug-likeness (QED) is 0.674. The highest BCUT2D eigenvalue weighted by molar-refractivity contribution is 4.80. The number of hydrogen-bond donors (Lipinski definition) is 1. The number of hydrogen-bond acceptors (Lipinski definition) is 4. The highest BCUT2D eigenvalue weighted by Crippen LogP contribution is 2.04. The summed E-state index contributed by atoms with van der Waals surface area (Å²) in [6.07, 6.45) is 4.40. The van der Waals surface area contributed by atoms with E-state index in [1.807, 2.05) is 0 Å². The Balaban J connectivity index is 2.31. The lowest BCUT2D eigenvalue weighted by Crippen LogP contribution is -1.95. The molecule has 0 amide bonds. The monoisotopic (exact) mass is 169 g/mol. The van der Waals surface area contributed by atoms with Gasteiger partial charge in [0.05, 0.1) is 6.54 Å². The average Bonchev–Trinajstić information content (AvgIpc) is 2.53. The third-order valence-corrected chi connectivity index (χ3v) is 1.68. The van der Waals surface area contributed by atoms with Crippen LogP contribution in [0.5, 0.6) is 0 Å². The lowest BCUT2D eigenvalue weighted by Gasteiger charge is -1.91. The highest BCUT2D eigenvalue weighted by Gasteiger charge is 2.02. The van der Waals surface area contributed by atoms with Crippen LogP contribution in [0.25, 0.3) is 0 Å². The second kappa shape index (κ2) is 4.87. The van der Waals surface area contributed by atoms with Gasteiger partial charge >= 0.3 is 0 Å². The van der Waals surface area contributed by atoms with Crippen molar-refractivity contribution in [3.63, 3.8) is 0 Å². The van der Waals surface area contributed by atoms with Crippen molar-refractivity contribution in [2.75, 3.05) is 0 Å². The Kier molecular flexibility index (Phi) is 3.73. The van der Waals surface area contributed by atoms with E-state index < -0.39 is 0 Å². The fourth-order valence-corrected chi connectivity index (χ4v) is 0.998. The molecule has 1 rings (SSSR count). The maximum atomic E-state index is 5.32. The zero-order chi connectivity index (χ0) is 8.81. The van der Waals surface area contributed by atoms with Crippen LogP contribution in [0.4, 0.5) is 0 Å². The number of nitrogens with two attached hydrogens (primary N) is 1. The molecule has 0 unspecified atom stereocenters. The van der Waals surface area contributed by atoms with Gasteiger partial charge in [-0.15, -0.1) is 10.2 Å². The minimum Gasteiger partial charge on any atom is -0.424 e. The van der Waals surface area contributed by atoms with Crippen molar-refractivity contribution in [3.8, 4) is 0 Å². The molecule has 0 radical (unpaired) electrons. The van der Waals surface area contributed by atoms with E-state index in [1.165, 1.54) is 12.8 Å². The first-order chi connectivity index (χ1) is 5.86. The van der Waals surface area contributed by atoms with Crippen LogP contribution >= 0.6 is 0 Å². The van der Waals surface area contributed by atoms with Crippen molar-refractivity contribution in [1.29, 1.82) is 0 Å². The molecule has 0 saturated heterocycles. The predicted octanol–water partition coefficient (Wildman–Crippen LogP) is 1.26. The first kappa shape index (κ1) is 9.19. The maximum absolute atomic E-state index is 5.32. The summed E-state index contributed by atoms with van der Waals surface area (Å²) in [5, 5.41) is 7.63. The van der Waals surface area contributed by atoms with E-state index in [1.54, 1.807) is 0 Å². The normalized spacial score (nSPS) is 10.5. The van der Waals surface area contributed by atoms with E-state index >= 15 is 0 Å². The van der Waals surface area contributed by atoms with E-state index in [0.29, 0.717) is 18.3 Å². The van der Waals surface area contributed by atoms with Gasteiger partial charge in [-0.1, -0.05) is 19.8 Å². The second-order valence-corrected chi connectivity index (χ2v) is 2.75. The molecular weight excluding hydrogens is 154 g/mol. The van der Waals surface area contributed by atoms with Gasteiger partial charge in [0.15, 0.2) is 0 Å². The van der Waals surface area contributed by atoms with Gasteiger partial charge < -0.3 is 10.2 Å². The van der Waals surface area contributed by atoms with Crippen molar-refractivity contribution < 1.29 is 4.42 Å². The Bertz CT molecular complexity index is 222. The molecule has 0 aliphatic rings. The molecule has 1 aromatic rings. The molecule has 0 fully saturated rings. The van der Waals surface area contributed by atoms with Crippen LogP contribution in [0.3, 0.4) is 0 Å². The van der Waals surface area contributed by atoms with Gasteiger partial charge in [-0.25, -0.2) is 0 Å². The first-order valence-corrected chi connectivity index (χ1v) is 4.38. The average molecular weight is 169 g/mol. The third kappa shape index (κ3) is 2.62. The van der Waals surface area contributed by atoms with Crippen molar-refractivity contribution in [2.24, 2.45) is 5.73 Å². The SMILES string of the molecule is CCCCCc1nnc(CN)o1. The molecule has 12 heavy (non-hydrogen) atoms. The molecule has 0 bridgehead atoms. The molecule has 1 heterocycles. The van der Waals surface area contributed by atoms with Crippen LogP contribution in [0.15, 0.2) is 4.42 Å². The van der Waals surface area contributed by atoms with Gasteiger partial charge in [0.2, 0.25) is 11.8 Å². The van der Waals surface area contributed by atoms with Crippen molar-refractivity contribution in [2.45, 2.75) is 39.2 Å². The van der Waals surface area contributed by atoms with Gasteiger partial charge in [-0.3, -0.25) is 0 Å². The fourth-order valence-electron chi connectivity index (χ4n) is 0.998. The molecule has 0 aromatic carbocycles. The standard InChI is InChI=1S/C8H15N3O/c1-2-3-4-5-7-10-11-8(6-9)12-7/h2-6,9H2,1H3. The Morgan fingerprint density at radius 2 is 2.00 bits per heavy atom. The number of nitrogens with zero attached hydrogens (tertiary/aromatic N) is 2. The van der Waals surface area contributed by atoms with Gasteiger partial charge in [0.1, 0.15) is 0 Å². The van der Waals surface area contributed by atoms with E-state index in [9.17, 15) is 0 Å². The zero-order valence-electron chi connectivity index (χ0n) is 7.42. The second-order valence-electron chi connectivity index (χ2n) is 2.75. The largest absolute Gasteiger partial charge is 0.424 e. The van der Waals surface area contributed by atoms with Crippen LogP contribution < -0.4 is 5.73 Å². The molecule has 0 aliphatic carbocycles. The predicted molar refractivity (Wildman–Crippen MR) is 45.4 cm³/mol. The van der Waals surface area contributed by atoms with Gasteiger partial charge in [0, 0.05) is 6.42 Å². The minimum atomic E-state index is 0.334. The summed E-state index contributed by atoms with van der Waals surface area (Å²) in [5.74, 6) is 1.24. The number of unbranched alkanes of at least 4 members (excludes halogenated alkanes) is 2. The smallest absolute Gasteiger partial charge is 0.230 e. The van der Waals surface area contributed by atoms with Crippen LogP contribution in [0.1, 0.15) is 38.0 Å². The Morgan fingerprint density at radius 1 is 1.25 bits per heavy atom. The molecule has 0 atom stereocenters. The fraction of sp³-hybridized carbons (Fsp3) is 0.750. The summed E-state index contributed by atoms with van der Waals surface area (Å²) in [6, 6.07) is 0. The summed E-state index contributed by atoms with van der Waals surface area (Å²) >= 11 is 0. The maximum Gasteiger partial charge on any atom is 0.230 e. The summed E-state index contributed by atoms with van der Waals surface area (Å²) in [5.41, 5.74) is 5.32. The summed E-state index contributed by atoms with van der Waals surface area (Å²) in [4.78, 5) is 0. The topological polar surface area (TPSA) is 64.9 Å². The summed E-state index contributed by atoms with van der Waals surface area (Å²) < 4.78 is 5.23. The molecule has 0 aliphatic heterocycles. The van der Waals surface area contributed by atoms with E-state index in [0.717, 1.165) is 12.8 Å². The van der Waals surface area contributed by atoms with Gasteiger partial charge in [-0.05, 0) is 6.42 Å². The van der Waals surface area contributed by atoms with E-state index in [-0.39, 0.29) is 0 Å². The molecule has 1 aromatic heterocycles. The number of aryl methyl sites for hydroxylation is 1. The third-order valence-electron chi connectivity index (χ3n) is 1.68. The molecular formula is C8H15N3O. The van der Waals surface area contributed by atoms with Crippen LogP contribution in [0, 0.1) is 0 Å².